The van der Waals surface area contributed by atoms with Gasteiger partial charge >= 0.3 is 0 Å². The van der Waals surface area contributed by atoms with Crippen LogP contribution < -0.4 is 10.9 Å². The zero-order chi connectivity index (χ0) is 21.7. The summed E-state index contributed by atoms with van der Waals surface area (Å²) in [6.07, 6.45) is 2.85. The molecule has 2 aliphatic heterocycles. The molecule has 0 spiro atoms. The first kappa shape index (κ1) is 19.3. The molecule has 1 atom stereocenters. The lowest BCUT2D eigenvalue weighted by molar-refractivity contribution is -0.122. The number of hydrogen-bond acceptors (Lipinski definition) is 4. The smallest absolute Gasteiger partial charge is 0.261 e. The van der Waals surface area contributed by atoms with Crippen LogP contribution in [-0.4, -0.2) is 39.3 Å². The Morgan fingerprint density at radius 1 is 1.12 bits per heavy atom. The average molecular weight is 428 g/mol. The number of aromatic nitrogens is 3. The van der Waals surface area contributed by atoms with Crippen molar-refractivity contribution in [3.05, 3.63) is 64.4 Å². The molecular formula is C25H24N4O3. The summed E-state index contributed by atoms with van der Waals surface area (Å²) in [5, 5.41) is 4.76. The van der Waals surface area contributed by atoms with Crippen molar-refractivity contribution in [2.24, 2.45) is 0 Å². The first-order valence-corrected chi connectivity index (χ1v) is 11.2. The molecule has 4 aromatic rings. The summed E-state index contributed by atoms with van der Waals surface area (Å²) in [6, 6.07) is 15.6. The largest absolute Gasteiger partial charge is 0.376 e. The van der Waals surface area contributed by atoms with Crippen LogP contribution in [-0.2, 0) is 29.0 Å². The van der Waals surface area contributed by atoms with Crippen molar-refractivity contribution in [2.45, 2.75) is 38.5 Å². The molecule has 1 N–H and O–H groups in total. The second-order valence-electron chi connectivity index (χ2n) is 8.53. The van der Waals surface area contributed by atoms with E-state index in [1.54, 1.807) is 4.57 Å². The maximum atomic E-state index is 13.2. The van der Waals surface area contributed by atoms with Gasteiger partial charge in [0.15, 0.2) is 5.82 Å². The van der Waals surface area contributed by atoms with Crippen molar-refractivity contribution in [3.63, 3.8) is 0 Å². The molecule has 0 saturated carbocycles. The van der Waals surface area contributed by atoms with Crippen LogP contribution in [0.15, 0.2) is 53.3 Å². The van der Waals surface area contributed by atoms with Gasteiger partial charge in [-0.2, -0.15) is 0 Å². The third-order valence-corrected chi connectivity index (χ3v) is 6.59. The fourth-order valence-electron chi connectivity index (χ4n) is 5.06. The second-order valence-corrected chi connectivity index (χ2v) is 8.53. The minimum Gasteiger partial charge on any atom is -0.376 e. The Labute approximate surface area is 184 Å². The van der Waals surface area contributed by atoms with Gasteiger partial charge in [-0.25, -0.2) is 4.98 Å². The topological polar surface area (TPSA) is 78.2 Å². The third kappa shape index (κ3) is 3.04. The fourth-order valence-corrected chi connectivity index (χ4v) is 5.06. The zero-order valence-corrected chi connectivity index (χ0v) is 17.7. The van der Waals surface area contributed by atoms with Gasteiger partial charge in [-0.1, -0.05) is 30.3 Å². The normalized spacial score (nSPS) is 17.4. The van der Waals surface area contributed by atoms with E-state index in [4.69, 9.17) is 9.72 Å². The van der Waals surface area contributed by atoms with Crippen LogP contribution in [0.2, 0.25) is 0 Å². The van der Waals surface area contributed by atoms with Crippen molar-refractivity contribution in [1.29, 1.82) is 0 Å². The maximum absolute atomic E-state index is 13.2. The number of nitrogens with zero attached hydrogens (tertiary/aromatic N) is 3. The Hall–Kier alpha value is -3.45. The summed E-state index contributed by atoms with van der Waals surface area (Å²) in [5.41, 5.74) is 3.65. The van der Waals surface area contributed by atoms with E-state index in [9.17, 15) is 9.59 Å². The molecule has 7 nitrogen and oxygen atoms in total. The number of aryl methyl sites for hydroxylation is 1. The molecule has 1 saturated heterocycles. The highest BCUT2D eigenvalue weighted by molar-refractivity contribution is 5.93. The van der Waals surface area contributed by atoms with Crippen LogP contribution in [0.5, 0.6) is 0 Å². The Bertz CT molecular complexity index is 1410. The van der Waals surface area contributed by atoms with Gasteiger partial charge < -0.3 is 14.6 Å². The van der Waals surface area contributed by atoms with E-state index in [0.29, 0.717) is 29.8 Å². The molecule has 2 aromatic heterocycles. The molecular weight excluding hydrogens is 404 g/mol. The molecule has 0 bridgehead atoms. The SMILES string of the molecule is O=C(Cn1c2c(c3ccccc31)CCn1c-2nc2ccccc2c1=O)NC[C@H]1CCCO1. The van der Waals surface area contributed by atoms with Gasteiger partial charge in [0.1, 0.15) is 6.54 Å². The molecule has 0 aliphatic carbocycles. The van der Waals surface area contributed by atoms with E-state index >= 15 is 0 Å². The number of amides is 1. The maximum Gasteiger partial charge on any atom is 0.261 e. The summed E-state index contributed by atoms with van der Waals surface area (Å²) in [5.74, 6) is 0.572. The van der Waals surface area contributed by atoms with E-state index in [1.165, 1.54) is 0 Å². The zero-order valence-electron chi connectivity index (χ0n) is 17.7. The number of carbonyl (C=O) groups excluding carboxylic acids is 1. The highest BCUT2D eigenvalue weighted by atomic mass is 16.5. The summed E-state index contributed by atoms with van der Waals surface area (Å²) in [6.45, 7) is 2.05. The van der Waals surface area contributed by atoms with Gasteiger partial charge in [0.05, 0.1) is 22.7 Å². The van der Waals surface area contributed by atoms with Crippen LogP contribution in [0.1, 0.15) is 18.4 Å². The summed E-state index contributed by atoms with van der Waals surface area (Å²) in [4.78, 5) is 31.0. The van der Waals surface area contributed by atoms with Crippen LogP contribution in [0.25, 0.3) is 33.3 Å². The predicted octanol–water partition coefficient (Wildman–Crippen LogP) is 2.87. The third-order valence-electron chi connectivity index (χ3n) is 6.59. The van der Waals surface area contributed by atoms with Crippen molar-refractivity contribution in [2.75, 3.05) is 13.2 Å². The minimum atomic E-state index is -0.0655. The van der Waals surface area contributed by atoms with Crippen molar-refractivity contribution >= 4 is 27.7 Å². The van der Waals surface area contributed by atoms with E-state index in [-0.39, 0.29) is 24.1 Å². The molecule has 1 amide bonds. The lowest BCUT2D eigenvalue weighted by Gasteiger charge is -2.21. The Morgan fingerprint density at radius 2 is 1.94 bits per heavy atom. The lowest BCUT2D eigenvalue weighted by Crippen LogP contribution is -2.34. The molecule has 0 radical (unpaired) electrons. The van der Waals surface area contributed by atoms with Crippen LogP contribution in [0, 0.1) is 0 Å². The van der Waals surface area contributed by atoms with Crippen LogP contribution >= 0.6 is 0 Å². The number of hydrogen-bond donors (Lipinski definition) is 1. The predicted molar refractivity (Wildman–Crippen MR) is 123 cm³/mol. The Morgan fingerprint density at radius 3 is 2.78 bits per heavy atom. The number of fused-ring (bicyclic) bond motifs is 6. The average Bonchev–Trinajstić information content (AvgIpc) is 3.45. The summed E-state index contributed by atoms with van der Waals surface area (Å²) < 4.78 is 9.40. The molecule has 162 valence electrons. The number of para-hydroxylation sites is 2. The monoisotopic (exact) mass is 428 g/mol. The van der Waals surface area contributed by atoms with E-state index < -0.39 is 0 Å². The quantitative estimate of drug-likeness (QED) is 0.542. The van der Waals surface area contributed by atoms with Gasteiger partial charge in [-0.05, 0) is 43.0 Å². The van der Waals surface area contributed by atoms with Crippen LogP contribution in [0.4, 0.5) is 0 Å². The molecule has 7 heteroatoms. The van der Waals surface area contributed by atoms with E-state index in [2.05, 4.69) is 11.4 Å². The van der Waals surface area contributed by atoms with Crippen molar-refractivity contribution in [3.8, 4) is 11.5 Å². The van der Waals surface area contributed by atoms with Gasteiger partial charge in [-0.3, -0.25) is 14.2 Å². The number of ether oxygens (including phenoxy) is 1. The van der Waals surface area contributed by atoms with Crippen molar-refractivity contribution < 1.29 is 9.53 Å². The van der Waals surface area contributed by atoms with E-state index in [0.717, 1.165) is 48.0 Å². The van der Waals surface area contributed by atoms with Gasteiger partial charge in [0.25, 0.3) is 5.56 Å². The molecule has 0 unspecified atom stereocenters. The highest BCUT2D eigenvalue weighted by Gasteiger charge is 2.28. The first-order valence-electron chi connectivity index (χ1n) is 11.2. The molecule has 2 aromatic carbocycles. The van der Waals surface area contributed by atoms with Gasteiger partial charge in [0, 0.05) is 30.6 Å². The molecule has 6 rings (SSSR count). The molecule has 32 heavy (non-hydrogen) atoms. The lowest BCUT2D eigenvalue weighted by atomic mass is 10.0. The van der Waals surface area contributed by atoms with Crippen LogP contribution in [0.3, 0.4) is 0 Å². The minimum absolute atomic E-state index is 0.0316. The van der Waals surface area contributed by atoms with Crippen molar-refractivity contribution in [1.82, 2.24) is 19.4 Å². The van der Waals surface area contributed by atoms with Gasteiger partial charge in [-0.15, -0.1) is 0 Å². The highest BCUT2D eigenvalue weighted by Crippen LogP contribution is 2.36. The standard InChI is InChI=1S/C25H24N4O3/c30-22(26-14-16-6-5-13-32-16)15-29-21-10-4-2-7-17(21)18-11-12-28-24(23(18)29)27-20-9-3-1-8-19(20)25(28)31/h1-4,7-10,16H,5-6,11-15H2,(H,26,30)/t16-/m1/s1. The number of carbonyl (C=O) groups is 1. The summed E-state index contributed by atoms with van der Waals surface area (Å²) in [7, 11) is 0. The molecule has 1 fully saturated rings. The van der Waals surface area contributed by atoms with Gasteiger partial charge in [0.2, 0.25) is 5.91 Å². The molecule has 2 aliphatic rings. The second kappa shape index (κ2) is 7.60. The summed E-state index contributed by atoms with van der Waals surface area (Å²) >= 11 is 0. The Balaban J connectivity index is 1.47. The number of benzene rings is 2. The number of rotatable bonds is 4. The number of nitrogens with one attached hydrogen (secondary N) is 1. The fraction of sp³-hybridized carbons (Fsp3) is 0.320. The molecule has 4 heterocycles. The van der Waals surface area contributed by atoms with E-state index in [1.807, 2.05) is 47.0 Å². The Kier molecular flexibility index (Phi) is 4.57. The first-order chi connectivity index (χ1) is 15.7.